The first-order valence-corrected chi connectivity index (χ1v) is 6.91. The molecule has 0 aliphatic rings. The topological polar surface area (TPSA) is 54.9 Å². The Morgan fingerprint density at radius 3 is 2.52 bits per heavy atom. The normalized spacial score (nSPS) is 12.4. The van der Waals surface area contributed by atoms with Gasteiger partial charge in [0.15, 0.2) is 5.96 Å². The molecule has 6 heteroatoms. The maximum absolute atomic E-state index is 5.50. The van der Waals surface area contributed by atoms with E-state index in [0.29, 0.717) is 13.2 Å². The Morgan fingerprint density at radius 2 is 1.95 bits per heavy atom. The van der Waals surface area contributed by atoms with Crippen molar-refractivity contribution in [2.75, 3.05) is 40.5 Å². The summed E-state index contributed by atoms with van der Waals surface area (Å²) in [5, 5.41) is 6.45. The van der Waals surface area contributed by atoms with E-state index in [1.807, 2.05) is 25.1 Å². The Balaban J connectivity index is 0.00000400. The van der Waals surface area contributed by atoms with Gasteiger partial charge in [0.2, 0.25) is 0 Å². The highest BCUT2D eigenvalue weighted by molar-refractivity contribution is 14.0. The van der Waals surface area contributed by atoms with E-state index in [9.17, 15) is 0 Å². The molecular weight excluding hydrogens is 381 g/mol. The Labute approximate surface area is 144 Å². The van der Waals surface area contributed by atoms with Crippen LogP contribution in [0.4, 0.5) is 0 Å². The molecule has 2 N–H and O–H groups in total. The second-order valence-corrected chi connectivity index (χ2v) is 4.21. The fourth-order valence-electron chi connectivity index (χ4n) is 1.80. The van der Waals surface area contributed by atoms with Crippen molar-refractivity contribution in [2.45, 2.75) is 13.0 Å². The highest BCUT2D eigenvalue weighted by Crippen LogP contribution is 2.14. The Bertz CT molecular complexity index is 388. The molecule has 0 fully saturated rings. The maximum atomic E-state index is 5.50. The summed E-state index contributed by atoms with van der Waals surface area (Å²) in [6, 6.07) is 10.1. The summed E-state index contributed by atoms with van der Waals surface area (Å²) in [4.78, 5) is 4.17. The summed E-state index contributed by atoms with van der Waals surface area (Å²) in [6.07, 6.45) is 0.00152. The predicted octanol–water partition coefficient (Wildman–Crippen LogP) is 2.19. The molecule has 1 aromatic rings. The minimum absolute atomic E-state index is 0. The van der Waals surface area contributed by atoms with Gasteiger partial charge in [-0.15, -0.1) is 24.0 Å². The van der Waals surface area contributed by atoms with Crippen LogP contribution in [0.3, 0.4) is 0 Å². The number of hydrogen-bond acceptors (Lipinski definition) is 3. The smallest absolute Gasteiger partial charge is 0.191 e. The third kappa shape index (κ3) is 8.23. The summed E-state index contributed by atoms with van der Waals surface area (Å²) in [6.45, 7) is 4.78. The standard InChI is InChI=1S/C15H25N3O2.HI/c1-4-20-11-10-17-15(16-2)18-12-14(19-3)13-8-6-5-7-9-13;/h5-9,14H,4,10-12H2,1-3H3,(H2,16,17,18);1H. The Morgan fingerprint density at radius 1 is 1.24 bits per heavy atom. The number of guanidine groups is 1. The molecule has 1 unspecified atom stereocenters. The molecule has 5 nitrogen and oxygen atoms in total. The molecule has 0 bridgehead atoms. The molecule has 0 amide bonds. The third-order valence-electron chi connectivity index (χ3n) is 2.88. The summed E-state index contributed by atoms with van der Waals surface area (Å²) < 4.78 is 10.8. The molecule has 0 saturated heterocycles. The molecule has 0 aromatic heterocycles. The lowest BCUT2D eigenvalue weighted by Crippen LogP contribution is -2.41. The predicted molar refractivity (Wildman–Crippen MR) is 97.5 cm³/mol. The molecule has 0 saturated carbocycles. The third-order valence-corrected chi connectivity index (χ3v) is 2.88. The molecule has 0 aliphatic carbocycles. The van der Waals surface area contributed by atoms with Crippen LogP contribution in [0.15, 0.2) is 35.3 Å². The van der Waals surface area contributed by atoms with Crippen molar-refractivity contribution in [2.24, 2.45) is 4.99 Å². The Kier molecular flexibility index (Phi) is 12.3. The van der Waals surface area contributed by atoms with Crippen LogP contribution in [0.1, 0.15) is 18.6 Å². The van der Waals surface area contributed by atoms with Crippen molar-refractivity contribution in [3.8, 4) is 0 Å². The monoisotopic (exact) mass is 407 g/mol. The first-order valence-electron chi connectivity index (χ1n) is 6.91. The van der Waals surface area contributed by atoms with Gasteiger partial charge in [0, 0.05) is 33.9 Å². The van der Waals surface area contributed by atoms with Gasteiger partial charge < -0.3 is 20.1 Å². The average Bonchev–Trinajstić information content (AvgIpc) is 2.51. The zero-order chi connectivity index (χ0) is 14.6. The van der Waals surface area contributed by atoms with E-state index in [4.69, 9.17) is 9.47 Å². The van der Waals surface area contributed by atoms with Crippen LogP contribution >= 0.6 is 24.0 Å². The van der Waals surface area contributed by atoms with Crippen LogP contribution in [0.5, 0.6) is 0 Å². The van der Waals surface area contributed by atoms with Crippen LogP contribution in [-0.4, -0.2) is 46.4 Å². The average molecular weight is 407 g/mol. The van der Waals surface area contributed by atoms with Gasteiger partial charge in [0.25, 0.3) is 0 Å². The van der Waals surface area contributed by atoms with Gasteiger partial charge in [0.05, 0.1) is 12.7 Å². The number of aliphatic imine (C=N–C) groups is 1. The number of nitrogens with zero attached hydrogens (tertiary/aromatic N) is 1. The van der Waals surface area contributed by atoms with E-state index in [0.717, 1.165) is 24.7 Å². The van der Waals surface area contributed by atoms with Crippen LogP contribution in [-0.2, 0) is 9.47 Å². The van der Waals surface area contributed by atoms with E-state index in [1.165, 1.54) is 0 Å². The second kappa shape index (κ2) is 12.8. The quantitative estimate of drug-likeness (QED) is 0.300. The summed E-state index contributed by atoms with van der Waals surface area (Å²) in [5.74, 6) is 0.752. The fourth-order valence-corrected chi connectivity index (χ4v) is 1.80. The zero-order valence-corrected chi connectivity index (χ0v) is 15.3. The number of rotatable bonds is 8. The zero-order valence-electron chi connectivity index (χ0n) is 13.0. The van der Waals surface area contributed by atoms with E-state index in [-0.39, 0.29) is 30.1 Å². The van der Waals surface area contributed by atoms with Gasteiger partial charge in [-0.2, -0.15) is 0 Å². The number of ether oxygens (including phenoxy) is 2. The van der Waals surface area contributed by atoms with Crippen LogP contribution in [0, 0.1) is 0 Å². The van der Waals surface area contributed by atoms with Crippen molar-refractivity contribution in [3.63, 3.8) is 0 Å². The molecule has 0 radical (unpaired) electrons. The van der Waals surface area contributed by atoms with Gasteiger partial charge in [-0.3, -0.25) is 4.99 Å². The van der Waals surface area contributed by atoms with E-state index >= 15 is 0 Å². The van der Waals surface area contributed by atoms with Crippen molar-refractivity contribution in [1.29, 1.82) is 0 Å². The highest BCUT2D eigenvalue weighted by Gasteiger charge is 2.10. The molecule has 1 rings (SSSR count). The van der Waals surface area contributed by atoms with E-state index < -0.39 is 0 Å². The molecular formula is C15H26IN3O2. The van der Waals surface area contributed by atoms with Crippen molar-refractivity contribution in [3.05, 3.63) is 35.9 Å². The van der Waals surface area contributed by atoms with E-state index in [2.05, 4.69) is 27.8 Å². The van der Waals surface area contributed by atoms with Gasteiger partial charge >= 0.3 is 0 Å². The molecule has 0 heterocycles. The maximum Gasteiger partial charge on any atom is 0.191 e. The van der Waals surface area contributed by atoms with Gasteiger partial charge in [-0.25, -0.2) is 0 Å². The lowest BCUT2D eigenvalue weighted by Gasteiger charge is -2.18. The molecule has 1 atom stereocenters. The highest BCUT2D eigenvalue weighted by atomic mass is 127. The van der Waals surface area contributed by atoms with E-state index in [1.54, 1.807) is 14.2 Å². The molecule has 0 aliphatic heterocycles. The molecule has 21 heavy (non-hydrogen) atoms. The number of halogens is 1. The van der Waals surface area contributed by atoms with Crippen molar-refractivity contribution < 1.29 is 9.47 Å². The molecule has 120 valence electrons. The number of benzene rings is 1. The molecule has 0 spiro atoms. The minimum Gasteiger partial charge on any atom is -0.380 e. The van der Waals surface area contributed by atoms with Crippen LogP contribution < -0.4 is 10.6 Å². The first-order chi connectivity index (χ1) is 9.81. The first kappa shape index (κ1) is 20.1. The summed E-state index contributed by atoms with van der Waals surface area (Å²) in [7, 11) is 3.46. The van der Waals surface area contributed by atoms with Crippen molar-refractivity contribution in [1.82, 2.24) is 10.6 Å². The van der Waals surface area contributed by atoms with Crippen molar-refractivity contribution >= 4 is 29.9 Å². The SMILES string of the molecule is CCOCCNC(=NC)NCC(OC)c1ccccc1.I. The lowest BCUT2D eigenvalue weighted by atomic mass is 10.1. The minimum atomic E-state index is 0. The number of methoxy groups -OCH3 is 1. The fraction of sp³-hybridized carbons (Fsp3) is 0.533. The largest absolute Gasteiger partial charge is 0.380 e. The number of nitrogens with one attached hydrogen (secondary N) is 2. The Hall–Kier alpha value is -0.860. The lowest BCUT2D eigenvalue weighted by molar-refractivity contribution is 0.106. The van der Waals surface area contributed by atoms with Gasteiger partial charge in [-0.05, 0) is 12.5 Å². The van der Waals surface area contributed by atoms with Crippen LogP contribution in [0.2, 0.25) is 0 Å². The van der Waals surface area contributed by atoms with Gasteiger partial charge in [-0.1, -0.05) is 30.3 Å². The second-order valence-electron chi connectivity index (χ2n) is 4.21. The summed E-state index contributed by atoms with van der Waals surface area (Å²) >= 11 is 0. The van der Waals surface area contributed by atoms with Crippen LogP contribution in [0.25, 0.3) is 0 Å². The number of hydrogen-bond donors (Lipinski definition) is 2. The molecule has 1 aromatic carbocycles. The summed E-state index contributed by atoms with van der Waals surface area (Å²) in [5.41, 5.74) is 1.15. The van der Waals surface area contributed by atoms with Gasteiger partial charge in [0.1, 0.15) is 0 Å².